The number of ketones is 1. The van der Waals surface area contributed by atoms with Gasteiger partial charge in [-0.1, -0.05) is 56.3 Å². The van der Waals surface area contributed by atoms with E-state index in [0.717, 1.165) is 22.5 Å². The summed E-state index contributed by atoms with van der Waals surface area (Å²) in [5.74, 6) is 0.121. The maximum absolute atomic E-state index is 14.4. The Hall–Kier alpha value is -3.68. The van der Waals surface area contributed by atoms with Gasteiger partial charge in [0.1, 0.15) is 17.7 Å². The molecule has 3 aromatic rings. The molecule has 1 saturated heterocycles. The van der Waals surface area contributed by atoms with Crippen molar-refractivity contribution in [2.45, 2.75) is 31.4 Å². The summed E-state index contributed by atoms with van der Waals surface area (Å²) >= 11 is 0. The number of anilines is 2. The van der Waals surface area contributed by atoms with Crippen LogP contribution < -0.4 is 14.5 Å². The first-order chi connectivity index (χ1) is 18.7. The van der Waals surface area contributed by atoms with Crippen molar-refractivity contribution < 1.29 is 19.0 Å². The molecule has 0 bridgehead atoms. The van der Waals surface area contributed by atoms with Crippen LogP contribution in [0, 0.1) is 5.82 Å². The van der Waals surface area contributed by atoms with Crippen molar-refractivity contribution in [2.75, 3.05) is 50.1 Å². The molecule has 2 heterocycles. The number of benzene rings is 3. The second-order valence-electron chi connectivity index (χ2n) is 10.8. The summed E-state index contributed by atoms with van der Waals surface area (Å²) < 4.78 is 19.8. The third kappa shape index (κ3) is 5.04. The van der Waals surface area contributed by atoms with Crippen LogP contribution in [-0.4, -0.2) is 62.2 Å². The Morgan fingerprint density at radius 3 is 2.18 bits per heavy atom. The highest BCUT2D eigenvalue weighted by Gasteiger charge is 2.40. The van der Waals surface area contributed by atoms with Crippen LogP contribution in [0.4, 0.5) is 15.8 Å². The summed E-state index contributed by atoms with van der Waals surface area (Å²) in [6, 6.07) is 21.9. The summed E-state index contributed by atoms with van der Waals surface area (Å²) in [4.78, 5) is 19.9. The number of para-hydroxylation sites is 2. The lowest BCUT2D eigenvalue weighted by molar-refractivity contribution is -0.126. The fourth-order valence-corrected chi connectivity index (χ4v) is 5.98. The Morgan fingerprint density at radius 2 is 1.56 bits per heavy atom. The molecule has 0 radical (unpaired) electrons. The number of likely N-dealkylation sites (N-methyl/N-ethyl adjacent to an activating group) is 1. The molecule has 1 fully saturated rings. The monoisotopic (exact) mass is 529 g/mol. The Balaban J connectivity index is 1.42. The minimum atomic E-state index is -1.28. The average Bonchev–Trinajstić information content (AvgIpc) is 3.14. The first kappa shape index (κ1) is 26.9. The summed E-state index contributed by atoms with van der Waals surface area (Å²) in [7, 11) is 3.57. The van der Waals surface area contributed by atoms with Gasteiger partial charge in [-0.15, -0.1) is 0 Å². The molecule has 1 N–H and O–H groups in total. The number of hydrogen-bond donors (Lipinski definition) is 1. The van der Waals surface area contributed by atoms with E-state index in [1.807, 2.05) is 65.4 Å². The minimum Gasteiger partial charge on any atom is -0.497 e. The zero-order valence-corrected chi connectivity index (χ0v) is 23.0. The summed E-state index contributed by atoms with van der Waals surface area (Å²) in [6.45, 7) is 6.51. The Labute approximate surface area is 229 Å². The predicted molar refractivity (Wildman–Crippen MR) is 153 cm³/mol. The molecule has 0 amide bonds. The summed E-state index contributed by atoms with van der Waals surface area (Å²) in [6.07, 6.45) is 0.329. The highest BCUT2D eigenvalue weighted by atomic mass is 19.1. The Bertz CT molecular complexity index is 1360. The van der Waals surface area contributed by atoms with E-state index in [-0.39, 0.29) is 17.0 Å². The Morgan fingerprint density at radius 1 is 0.949 bits per heavy atom. The van der Waals surface area contributed by atoms with Gasteiger partial charge in [0.2, 0.25) is 0 Å². The van der Waals surface area contributed by atoms with E-state index in [2.05, 4.69) is 24.8 Å². The van der Waals surface area contributed by atoms with Crippen LogP contribution in [0.3, 0.4) is 0 Å². The smallest absolute Gasteiger partial charge is 0.187 e. The first-order valence-corrected chi connectivity index (χ1v) is 13.4. The lowest BCUT2D eigenvalue weighted by atomic mass is 9.83. The van der Waals surface area contributed by atoms with E-state index in [1.165, 1.54) is 6.07 Å². The molecular formula is C32H36FN3O3. The van der Waals surface area contributed by atoms with Crippen LogP contribution in [0.25, 0.3) is 0 Å². The normalized spacial score (nSPS) is 19.6. The second kappa shape index (κ2) is 10.8. The van der Waals surface area contributed by atoms with E-state index in [1.54, 1.807) is 25.3 Å². The average molecular weight is 530 g/mol. The first-order valence-electron chi connectivity index (χ1n) is 13.4. The predicted octanol–water partition coefficient (Wildman–Crippen LogP) is 4.94. The molecule has 7 heteroatoms. The second-order valence-corrected chi connectivity index (χ2v) is 10.8. The van der Waals surface area contributed by atoms with Crippen molar-refractivity contribution >= 4 is 17.2 Å². The van der Waals surface area contributed by atoms with Gasteiger partial charge in [0.15, 0.2) is 5.78 Å². The van der Waals surface area contributed by atoms with Crippen LogP contribution >= 0.6 is 0 Å². The number of aliphatic hydroxyl groups is 1. The van der Waals surface area contributed by atoms with Crippen molar-refractivity contribution in [3.63, 3.8) is 0 Å². The van der Waals surface area contributed by atoms with Gasteiger partial charge >= 0.3 is 0 Å². The molecule has 3 aromatic carbocycles. The number of carbonyl (C=O) groups excluding carboxylic acids is 1. The molecule has 2 aliphatic rings. The van der Waals surface area contributed by atoms with Gasteiger partial charge < -0.3 is 19.6 Å². The molecule has 2 atom stereocenters. The third-order valence-electron chi connectivity index (χ3n) is 8.17. The minimum absolute atomic E-state index is 0.246. The largest absolute Gasteiger partial charge is 0.497 e. The van der Waals surface area contributed by atoms with E-state index in [4.69, 9.17) is 4.74 Å². The number of ether oxygens (including phenoxy) is 1. The molecule has 0 unspecified atom stereocenters. The molecule has 0 saturated carbocycles. The number of rotatable bonds is 7. The number of hydrogen-bond acceptors (Lipinski definition) is 6. The highest BCUT2D eigenvalue weighted by molar-refractivity contribution is 5.96. The van der Waals surface area contributed by atoms with Gasteiger partial charge in [-0.2, -0.15) is 0 Å². The molecule has 0 spiro atoms. The number of carbonyl (C=O) groups is 1. The van der Waals surface area contributed by atoms with Crippen LogP contribution in [0.2, 0.25) is 0 Å². The number of halogens is 1. The van der Waals surface area contributed by atoms with Crippen molar-refractivity contribution in [1.82, 2.24) is 4.90 Å². The van der Waals surface area contributed by atoms with Gasteiger partial charge in [-0.05, 0) is 41.5 Å². The van der Waals surface area contributed by atoms with E-state index < -0.39 is 12.1 Å². The van der Waals surface area contributed by atoms with Crippen LogP contribution in [0.1, 0.15) is 31.0 Å². The van der Waals surface area contributed by atoms with Gasteiger partial charge in [0, 0.05) is 56.1 Å². The highest BCUT2D eigenvalue weighted by Crippen LogP contribution is 2.46. The zero-order chi connectivity index (χ0) is 27.7. The summed E-state index contributed by atoms with van der Waals surface area (Å²) in [5.41, 5.74) is 4.10. The number of allylic oxidation sites excluding steroid dienone is 1. The molecule has 204 valence electrons. The molecule has 5 rings (SSSR count). The number of nitrogens with zero attached hydrogens (tertiary/aromatic N) is 3. The van der Waals surface area contributed by atoms with Gasteiger partial charge in [0.25, 0.3) is 0 Å². The van der Waals surface area contributed by atoms with Crippen LogP contribution in [0.15, 0.2) is 84.6 Å². The van der Waals surface area contributed by atoms with E-state index >= 15 is 0 Å². The van der Waals surface area contributed by atoms with Crippen molar-refractivity contribution in [1.29, 1.82) is 0 Å². The maximum atomic E-state index is 14.4. The van der Waals surface area contributed by atoms with Gasteiger partial charge in [-0.3, -0.25) is 9.69 Å². The zero-order valence-electron chi connectivity index (χ0n) is 23.0. The molecule has 0 aromatic heterocycles. The van der Waals surface area contributed by atoms with Crippen molar-refractivity contribution in [2.24, 2.45) is 0 Å². The summed E-state index contributed by atoms with van der Waals surface area (Å²) in [5, 5.41) is 11.6. The SMILES string of the molecule is COc1ccc([C@H]([C@@H](O)C(=O)/C=C2/N(C)c3ccccc3C2(C)C)N2CCN(c3ccccc3F)CC2)cc1. The van der Waals surface area contributed by atoms with Gasteiger partial charge in [-0.25, -0.2) is 4.39 Å². The number of aliphatic hydroxyl groups excluding tert-OH is 1. The third-order valence-corrected chi connectivity index (χ3v) is 8.17. The molecule has 2 aliphatic heterocycles. The Kier molecular flexibility index (Phi) is 7.47. The van der Waals surface area contributed by atoms with E-state index in [0.29, 0.717) is 37.6 Å². The molecule has 39 heavy (non-hydrogen) atoms. The van der Waals surface area contributed by atoms with Crippen LogP contribution in [-0.2, 0) is 10.2 Å². The lowest BCUT2D eigenvalue weighted by Gasteiger charge is -2.41. The van der Waals surface area contributed by atoms with Crippen molar-refractivity contribution in [3.05, 3.63) is 102 Å². The molecule has 6 nitrogen and oxygen atoms in total. The fraction of sp³-hybridized carbons (Fsp3) is 0.344. The standard InChI is InChI=1S/C32H36FN3O3/c1-32(2)24-9-5-7-11-26(24)34(3)29(32)21-28(37)31(38)30(22-13-15-23(39-4)16-14-22)36-19-17-35(18-20-36)27-12-8-6-10-25(27)33/h5-16,21,30-31,38H,17-20H2,1-4H3/b29-21+/t30-,31+/m1/s1. The number of fused-ring (bicyclic) bond motifs is 1. The molecular weight excluding hydrogens is 493 g/mol. The van der Waals surface area contributed by atoms with E-state index in [9.17, 15) is 14.3 Å². The fourth-order valence-electron chi connectivity index (χ4n) is 5.98. The lowest BCUT2D eigenvalue weighted by Crippen LogP contribution is -2.51. The van der Waals surface area contributed by atoms with Crippen LogP contribution in [0.5, 0.6) is 5.75 Å². The quantitative estimate of drug-likeness (QED) is 0.438. The van der Waals surface area contributed by atoms with Gasteiger partial charge in [0.05, 0.1) is 18.8 Å². The topological polar surface area (TPSA) is 56.3 Å². The number of piperazine rings is 1. The maximum Gasteiger partial charge on any atom is 0.187 e. The molecule has 0 aliphatic carbocycles. The van der Waals surface area contributed by atoms with Crippen molar-refractivity contribution in [3.8, 4) is 5.75 Å². The number of methoxy groups -OCH3 is 1.